The van der Waals surface area contributed by atoms with Gasteiger partial charge in [-0.05, 0) is 38.0 Å². The summed E-state index contributed by atoms with van der Waals surface area (Å²) < 4.78 is 19.0. The molecule has 7 heteroatoms. The Balaban J connectivity index is 1.71. The van der Waals surface area contributed by atoms with Gasteiger partial charge in [0.2, 0.25) is 0 Å². The topological polar surface area (TPSA) is 79.7 Å². The van der Waals surface area contributed by atoms with Crippen LogP contribution in [0.25, 0.3) is 10.9 Å². The summed E-state index contributed by atoms with van der Waals surface area (Å²) in [5.74, 6) is -2.11. The van der Waals surface area contributed by atoms with Gasteiger partial charge >= 0.3 is 5.97 Å². The van der Waals surface area contributed by atoms with E-state index >= 15 is 0 Å². The summed E-state index contributed by atoms with van der Waals surface area (Å²) in [6.07, 6.45) is 1.27. The second-order valence-corrected chi connectivity index (χ2v) is 7.52. The molecule has 0 radical (unpaired) electrons. The van der Waals surface area contributed by atoms with Crippen molar-refractivity contribution in [3.63, 3.8) is 0 Å². The smallest absolute Gasteiger partial charge is 0.308 e. The van der Waals surface area contributed by atoms with E-state index in [0.29, 0.717) is 54.8 Å². The van der Waals surface area contributed by atoms with Crippen molar-refractivity contribution in [2.24, 2.45) is 11.3 Å². The van der Waals surface area contributed by atoms with Gasteiger partial charge in [0.15, 0.2) is 0 Å². The minimum absolute atomic E-state index is 0.179. The monoisotopic (exact) mass is 372 g/mol. The molecule has 27 heavy (non-hydrogen) atoms. The van der Waals surface area contributed by atoms with Crippen LogP contribution in [0.4, 0.5) is 4.39 Å². The highest BCUT2D eigenvalue weighted by molar-refractivity contribution is 6.06. The highest BCUT2D eigenvalue weighted by Gasteiger charge is 2.52. The molecule has 2 fully saturated rings. The molecule has 4 rings (SSSR count). The molecule has 1 unspecified atom stereocenters. The Labute approximate surface area is 155 Å². The lowest BCUT2D eigenvalue weighted by atomic mass is 9.72. The minimum atomic E-state index is -0.870. The fraction of sp³-hybridized carbons (Fsp3) is 0.450. The van der Waals surface area contributed by atoms with E-state index in [9.17, 15) is 19.1 Å². The fourth-order valence-electron chi connectivity index (χ4n) is 4.43. The van der Waals surface area contributed by atoms with Gasteiger partial charge < -0.3 is 14.7 Å². The van der Waals surface area contributed by atoms with Crippen LogP contribution in [0.1, 0.15) is 28.9 Å². The number of carbonyl (C=O) groups is 2. The summed E-state index contributed by atoms with van der Waals surface area (Å²) in [6.45, 7) is 3.37. The molecule has 3 heterocycles. The number of halogens is 1. The predicted molar refractivity (Wildman–Crippen MR) is 96.0 cm³/mol. The van der Waals surface area contributed by atoms with Crippen molar-refractivity contribution in [1.29, 1.82) is 0 Å². The van der Waals surface area contributed by atoms with E-state index in [2.05, 4.69) is 4.98 Å². The van der Waals surface area contributed by atoms with Gasteiger partial charge in [0.05, 0.1) is 17.0 Å². The zero-order valence-electron chi connectivity index (χ0n) is 15.1. The van der Waals surface area contributed by atoms with Gasteiger partial charge in [-0.2, -0.15) is 0 Å². The van der Waals surface area contributed by atoms with Crippen LogP contribution < -0.4 is 0 Å². The van der Waals surface area contributed by atoms with Crippen LogP contribution >= 0.6 is 0 Å². The van der Waals surface area contributed by atoms with Crippen LogP contribution in [0.5, 0.6) is 0 Å². The lowest BCUT2D eigenvalue weighted by Gasteiger charge is -2.36. The number of nitrogens with zero attached hydrogens (tertiary/aromatic N) is 2. The van der Waals surface area contributed by atoms with E-state index in [0.717, 1.165) is 0 Å². The second kappa shape index (κ2) is 6.56. The molecule has 1 N–H and O–H groups in total. The Morgan fingerprint density at radius 2 is 2.04 bits per heavy atom. The first-order chi connectivity index (χ1) is 12.9. The number of carbonyl (C=O) groups excluding carboxylic acids is 1. The minimum Gasteiger partial charge on any atom is -0.481 e. The molecular formula is C20H21FN2O4. The van der Waals surface area contributed by atoms with E-state index in [1.807, 2.05) is 0 Å². The molecule has 0 bridgehead atoms. The highest BCUT2D eigenvalue weighted by Crippen LogP contribution is 2.45. The first kappa shape index (κ1) is 17.9. The predicted octanol–water partition coefficient (Wildman–Crippen LogP) is 2.64. The molecule has 1 amide bonds. The average molecular weight is 372 g/mol. The lowest BCUT2D eigenvalue weighted by molar-refractivity contribution is -0.146. The van der Waals surface area contributed by atoms with Gasteiger partial charge in [-0.25, -0.2) is 4.39 Å². The molecule has 1 spiro atoms. The van der Waals surface area contributed by atoms with Crippen molar-refractivity contribution in [3.8, 4) is 0 Å². The summed E-state index contributed by atoms with van der Waals surface area (Å²) in [5.41, 5.74) is 1.04. The first-order valence-electron chi connectivity index (χ1n) is 9.06. The van der Waals surface area contributed by atoms with Gasteiger partial charge in [-0.1, -0.05) is 0 Å². The molecule has 0 aliphatic carbocycles. The quantitative estimate of drug-likeness (QED) is 0.877. The highest BCUT2D eigenvalue weighted by atomic mass is 19.1. The van der Waals surface area contributed by atoms with Gasteiger partial charge in [0, 0.05) is 48.9 Å². The number of carboxylic acid groups (broad SMARTS) is 1. The van der Waals surface area contributed by atoms with Crippen LogP contribution in [-0.4, -0.2) is 53.2 Å². The van der Waals surface area contributed by atoms with Crippen LogP contribution in [0, 0.1) is 24.1 Å². The molecule has 2 aliphatic heterocycles. The molecule has 2 saturated heterocycles. The lowest BCUT2D eigenvalue weighted by Crippen LogP contribution is -2.40. The Kier molecular flexibility index (Phi) is 4.34. The zero-order chi connectivity index (χ0) is 19.2. The number of hydrogen-bond donors (Lipinski definition) is 1. The number of fused-ring (bicyclic) bond motifs is 1. The fourth-order valence-corrected chi connectivity index (χ4v) is 4.43. The third kappa shape index (κ3) is 3.06. The maximum atomic E-state index is 13.6. The molecule has 2 aliphatic rings. The van der Waals surface area contributed by atoms with Crippen LogP contribution in [0.3, 0.4) is 0 Å². The zero-order valence-corrected chi connectivity index (χ0v) is 15.1. The number of aromatic nitrogens is 1. The number of benzene rings is 1. The SMILES string of the molecule is Cc1cc(C(=O)N2CC(C(=O)O)C3(CCOCC3)C2)c2ccc(F)cc2n1. The maximum absolute atomic E-state index is 13.6. The van der Waals surface area contributed by atoms with Crippen molar-refractivity contribution < 1.29 is 23.8 Å². The van der Waals surface area contributed by atoms with Crippen molar-refractivity contribution in [2.45, 2.75) is 19.8 Å². The number of likely N-dealkylation sites (tertiary alicyclic amines) is 1. The molecule has 6 nitrogen and oxygen atoms in total. The van der Waals surface area contributed by atoms with Crippen molar-refractivity contribution in [1.82, 2.24) is 9.88 Å². The van der Waals surface area contributed by atoms with E-state index in [4.69, 9.17) is 4.74 Å². The van der Waals surface area contributed by atoms with Gasteiger partial charge in [-0.15, -0.1) is 0 Å². The van der Waals surface area contributed by atoms with E-state index in [1.54, 1.807) is 24.0 Å². The molecular weight excluding hydrogens is 351 g/mol. The Morgan fingerprint density at radius 3 is 2.74 bits per heavy atom. The number of pyridine rings is 1. The third-order valence-electron chi connectivity index (χ3n) is 5.85. The third-order valence-corrected chi connectivity index (χ3v) is 5.85. The van der Waals surface area contributed by atoms with Crippen molar-refractivity contribution in [3.05, 3.63) is 41.3 Å². The summed E-state index contributed by atoms with van der Waals surface area (Å²) in [4.78, 5) is 31.1. The van der Waals surface area contributed by atoms with Crippen molar-refractivity contribution >= 4 is 22.8 Å². The number of ether oxygens (including phenoxy) is 1. The molecule has 2 aromatic rings. The largest absolute Gasteiger partial charge is 0.481 e. The Hall–Kier alpha value is -2.54. The summed E-state index contributed by atoms with van der Waals surface area (Å²) in [5, 5.41) is 10.3. The molecule has 142 valence electrons. The molecule has 1 aromatic heterocycles. The maximum Gasteiger partial charge on any atom is 0.308 e. The Morgan fingerprint density at radius 1 is 1.30 bits per heavy atom. The number of rotatable bonds is 2. The normalized spacial score (nSPS) is 21.7. The summed E-state index contributed by atoms with van der Waals surface area (Å²) >= 11 is 0. The van der Waals surface area contributed by atoms with Crippen molar-refractivity contribution in [2.75, 3.05) is 26.3 Å². The van der Waals surface area contributed by atoms with Gasteiger partial charge in [0.25, 0.3) is 5.91 Å². The van der Waals surface area contributed by atoms with Crippen LogP contribution in [-0.2, 0) is 9.53 Å². The molecule has 0 saturated carbocycles. The molecule has 1 aromatic carbocycles. The van der Waals surface area contributed by atoms with Gasteiger partial charge in [-0.3, -0.25) is 14.6 Å². The standard InChI is InChI=1S/C20H21FN2O4/c1-12-8-15(14-3-2-13(21)9-17(14)22-12)18(24)23-10-16(19(25)26)20(11-23)4-6-27-7-5-20/h2-3,8-9,16H,4-7,10-11H2,1H3,(H,25,26). The number of carboxylic acids is 1. The Bertz CT molecular complexity index is 918. The molecule has 1 atom stereocenters. The van der Waals surface area contributed by atoms with E-state index in [-0.39, 0.29) is 12.5 Å². The second-order valence-electron chi connectivity index (χ2n) is 7.52. The average Bonchev–Trinajstić information content (AvgIpc) is 2.99. The van der Waals surface area contributed by atoms with Gasteiger partial charge in [0.1, 0.15) is 5.82 Å². The summed E-state index contributed by atoms with van der Waals surface area (Å²) in [7, 11) is 0. The van der Waals surface area contributed by atoms with Crippen LogP contribution in [0.15, 0.2) is 24.3 Å². The number of amides is 1. The van der Waals surface area contributed by atoms with E-state index in [1.165, 1.54) is 12.1 Å². The number of aliphatic carboxylic acids is 1. The van der Waals surface area contributed by atoms with Crippen LogP contribution in [0.2, 0.25) is 0 Å². The number of aryl methyl sites for hydroxylation is 1. The first-order valence-corrected chi connectivity index (χ1v) is 9.06. The van der Waals surface area contributed by atoms with E-state index < -0.39 is 23.1 Å². The number of hydrogen-bond acceptors (Lipinski definition) is 4. The summed E-state index contributed by atoms with van der Waals surface area (Å²) in [6, 6.07) is 5.86.